The Labute approximate surface area is 96.7 Å². The molecule has 15 heavy (non-hydrogen) atoms. The van der Waals surface area contributed by atoms with Crippen LogP contribution in [-0.2, 0) is 16.1 Å². The van der Waals surface area contributed by atoms with Crippen molar-refractivity contribution >= 4 is 15.9 Å². The van der Waals surface area contributed by atoms with E-state index in [0.29, 0.717) is 25.3 Å². The third kappa shape index (κ3) is 4.70. The SMILES string of the molecule is COCCONCc1cc(Br)ccc1F. The second kappa shape index (κ2) is 6.90. The van der Waals surface area contributed by atoms with Crippen molar-refractivity contribution in [1.29, 1.82) is 0 Å². The number of hydrogen-bond acceptors (Lipinski definition) is 3. The number of hydrogen-bond donors (Lipinski definition) is 1. The van der Waals surface area contributed by atoms with Crippen molar-refractivity contribution < 1.29 is 14.0 Å². The summed E-state index contributed by atoms with van der Waals surface area (Å²) < 4.78 is 18.8. The van der Waals surface area contributed by atoms with E-state index >= 15 is 0 Å². The van der Waals surface area contributed by atoms with Crippen LogP contribution in [-0.4, -0.2) is 20.3 Å². The largest absolute Gasteiger partial charge is 0.382 e. The molecule has 0 bridgehead atoms. The molecule has 0 aliphatic carbocycles. The fourth-order valence-electron chi connectivity index (χ4n) is 1.00. The summed E-state index contributed by atoms with van der Waals surface area (Å²) >= 11 is 3.27. The first kappa shape index (κ1) is 12.6. The monoisotopic (exact) mass is 277 g/mol. The molecule has 0 saturated heterocycles. The van der Waals surface area contributed by atoms with Crippen molar-refractivity contribution in [1.82, 2.24) is 5.48 Å². The predicted molar refractivity (Wildman–Crippen MR) is 58.8 cm³/mol. The van der Waals surface area contributed by atoms with E-state index in [1.165, 1.54) is 6.07 Å². The number of halogens is 2. The highest BCUT2D eigenvalue weighted by Crippen LogP contribution is 2.15. The fourth-order valence-corrected chi connectivity index (χ4v) is 1.41. The van der Waals surface area contributed by atoms with Gasteiger partial charge in [-0.3, -0.25) is 4.84 Å². The van der Waals surface area contributed by atoms with Crippen LogP contribution >= 0.6 is 15.9 Å². The lowest BCUT2D eigenvalue weighted by Crippen LogP contribution is -2.17. The first-order valence-corrected chi connectivity index (χ1v) is 5.31. The third-order valence-corrected chi connectivity index (χ3v) is 2.26. The van der Waals surface area contributed by atoms with Crippen molar-refractivity contribution in [2.24, 2.45) is 0 Å². The van der Waals surface area contributed by atoms with Crippen LogP contribution in [0.5, 0.6) is 0 Å². The maximum absolute atomic E-state index is 13.2. The maximum atomic E-state index is 13.2. The predicted octanol–water partition coefficient (Wildman–Crippen LogP) is 2.26. The summed E-state index contributed by atoms with van der Waals surface area (Å²) in [5.74, 6) is -0.249. The van der Waals surface area contributed by atoms with Gasteiger partial charge >= 0.3 is 0 Å². The molecule has 5 heteroatoms. The average Bonchev–Trinajstić information content (AvgIpc) is 2.23. The zero-order valence-corrected chi connectivity index (χ0v) is 10.0. The zero-order chi connectivity index (χ0) is 11.1. The molecule has 1 N–H and O–H groups in total. The number of methoxy groups -OCH3 is 1. The van der Waals surface area contributed by atoms with E-state index in [1.54, 1.807) is 19.2 Å². The van der Waals surface area contributed by atoms with Crippen molar-refractivity contribution in [2.75, 3.05) is 20.3 Å². The highest BCUT2D eigenvalue weighted by atomic mass is 79.9. The van der Waals surface area contributed by atoms with Crippen LogP contribution in [0.3, 0.4) is 0 Å². The highest BCUT2D eigenvalue weighted by molar-refractivity contribution is 9.10. The van der Waals surface area contributed by atoms with Gasteiger partial charge in [-0.2, -0.15) is 5.48 Å². The Hall–Kier alpha value is -0.490. The molecule has 0 aliphatic heterocycles. The lowest BCUT2D eigenvalue weighted by Gasteiger charge is -2.06. The molecule has 0 heterocycles. The molecule has 1 rings (SSSR count). The number of ether oxygens (including phenoxy) is 1. The molecule has 84 valence electrons. The van der Waals surface area contributed by atoms with Crippen molar-refractivity contribution in [3.05, 3.63) is 34.1 Å². The van der Waals surface area contributed by atoms with Gasteiger partial charge < -0.3 is 4.74 Å². The van der Waals surface area contributed by atoms with E-state index < -0.39 is 0 Å². The summed E-state index contributed by atoms with van der Waals surface area (Å²) in [6.45, 7) is 1.27. The molecular weight excluding hydrogens is 265 g/mol. The molecule has 0 saturated carbocycles. The number of nitrogens with one attached hydrogen (secondary N) is 1. The van der Waals surface area contributed by atoms with Gasteiger partial charge in [0, 0.05) is 23.7 Å². The van der Waals surface area contributed by atoms with Crippen LogP contribution in [0.25, 0.3) is 0 Å². The van der Waals surface area contributed by atoms with Gasteiger partial charge in [-0.05, 0) is 18.2 Å². The molecule has 0 fully saturated rings. The molecule has 1 aromatic carbocycles. The molecule has 0 radical (unpaired) electrons. The molecule has 0 atom stereocenters. The Balaban J connectivity index is 2.33. The van der Waals surface area contributed by atoms with Gasteiger partial charge in [0.2, 0.25) is 0 Å². The van der Waals surface area contributed by atoms with Gasteiger partial charge in [0.05, 0.1) is 13.2 Å². The smallest absolute Gasteiger partial charge is 0.127 e. The summed E-state index contributed by atoms with van der Waals surface area (Å²) in [7, 11) is 1.59. The summed E-state index contributed by atoms with van der Waals surface area (Å²) in [6, 6.07) is 4.78. The second-order valence-electron chi connectivity index (χ2n) is 2.90. The van der Waals surface area contributed by atoms with Gasteiger partial charge in [0.15, 0.2) is 0 Å². The Morgan fingerprint density at radius 3 is 2.93 bits per heavy atom. The second-order valence-corrected chi connectivity index (χ2v) is 3.81. The first-order chi connectivity index (χ1) is 7.24. The topological polar surface area (TPSA) is 30.5 Å². The summed E-state index contributed by atoms with van der Waals surface area (Å²) in [5.41, 5.74) is 3.22. The van der Waals surface area contributed by atoms with E-state index in [1.807, 2.05) is 0 Å². The summed E-state index contributed by atoms with van der Waals surface area (Å²) in [6.07, 6.45) is 0. The lowest BCUT2D eigenvalue weighted by atomic mass is 10.2. The molecule has 0 aliphatic rings. The first-order valence-electron chi connectivity index (χ1n) is 4.51. The Morgan fingerprint density at radius 1 is 1.40 bits per heavy atom. The Kier molecular flexibility index (Phi) is 5.78. The Morgan fingerprint density at radius 2 is 2.20 bits per heavy atom. The number of benzene rings is 1. The molecule has 0 aromatic heterocycles. The molecule has 0 spiro atoms. The summed E-state index contributed by atoms with van der Waals surface area (Å²) in [4.78, 5) is 5.02. The van der Waals surface area contributed by atoms with Crippen LogP contribution in [0.2, 0.25) is 0 Å². The van der Waals surface area contributed by atoms with Gasteiger partial charge in [-0.25, -0.2) is 4.39 Å². The molecule has 3 nitrogen and oxygen atoms in total. The van der Waals surface area contributed by atoms with E-state index in [0.717, 1.165) is 4.47 Å². The average molecular weight is 278 g/mol. The van der Waals surface area contributed by atoms with Gasteiger partial charge in [0.25, 0.3) is 0 Å². The minimum Gasteiger partial charge on any atom is -0.382 e. The van der Waals surface area contributed by atoms with Crippen molar-refractivity contribution in [3.63, 3.8) is 0 Å². The van der Waals surface area contributed by atoms with E-state index in [-0.39, 0.29) is 5.82 Å². The van der Waals surface area contributed by atoms with Crippen LogP contribution in [0.1, 0.15) is 5.56 Å². The van der Waals surface area contributed by atoms with E-state index in [9.17, 15) is 4.39 Å². The minimum atomic E-state index is -0.249. The quantitative estimate of drug-likeness (QED) is 0.639. The van der Waals surface area contributed by atoms with Crippen LogP contribution in [0.4, 0.5) is 4.39 Å². The van der Waals surface area contributed by atoms with Gasteiger partial charge in [-0.1, -0.05) is 15.9 Å². The molecular formula is C10H13BrFNO2. The normalized spacial score (nSPS) is 10.6. The van der Waals surface area contributed by atoms with Crippen LogP contribution < -0.4 is 5.48 Å². The minimum absolute atomic E-state index is 0.249. The molecule has 0 amide bonds. The van der Waals surface area contributed by atoms with Crippen LogP contribution in [0, 0.1) is 5.82 Å². The number of rotatable bonds is 6. The third-order valence-electron chi connectivity index (χ3n) is 1.76. The van der Waals surface area contributed by atoms with Crippen LogP contribution in [0.15, 0.2) is 22.7 Å². The Bertz CT molecular complexity index is 309. The summed E-state index contributed by atoms with van der Waals surface area (Å²) in [5, 5.41) is 0. The zero-order valence-electron chi connectivity index (χ0n) is 8.43. The van der Waals surface area contributed by atoms with Gasteiger partial charge in [-0.15, -0.1) is 0 Å². The highest BCUT2D eigenvalue weighted by Gasteiger charge is 2.01. The lowest BCUT2D eigenvalue weighted by molar-refractivity contribution is 0.00307. The van der Waals surface area contributed by atoms with Gasteiger partial charge in [0.1, 0.15) is 5.82 Å². The standard InChI is InChI=1S/C10H13BrFNO2/c1-14-4-5-15-13-7-8-6-9(11)2-3-10(8)12/h2-3,6,13H,4-5,7H2,1H3. The molecule has 1 aromatic rings. The number of hydroxylamine groups is 1. The van der Waals surface area contributed by atoms with Crippen molar-refractivity contribution in [2.45, 2.75) is 6.54 Å². The van der Waals surface area contributed by atoms with E-state index in [4.69, 9.17) is 9.57 Å². The van der Waals surface area contributed by atoms with E-state index in [2.05, 4.69) is 21.4 Å². The fraction of sp³-hybridized carbons (Fsp3) is 0.400. The maximum Gasteiger partial charge on any atom is 0.127 e. The molecule has 0 unspecified atom stereocenters. The van der Waals surface area contributed by atoms with Crippen molar-refractivity contribution in [3.8, 4) is 0 Å².